The molecule has 112 valence electrons. The zero-order valence-corrected chi connectivity index (χ0v) is 13.0. The molecular formula is C15H12ClN3O2S. The molecule has 3 rings (SSSR count). The summed E-state index contributed by atoms with van der Waals surface area (Å²) in [6.45, 7) is 0.206. The van der Waals surface area contributed by atoms with E-state index in [9.17, 15) is 4.79 Å². The highest BCUT2D eigenvalue weighted by molar-refractivity contribution is 7.13. The molecule has 0 unspecified atom stereocenters. The smallest absolute Gasteiger partial charge is 0.246 e. The van der Waals surface area contributed by atoms with Crippen LogP contribution in [-0.2, 0) is 17.8 Å². The average molecular weight is 334 g/mol. The van der Waals surface area contributed by atoms with Crippen molar-refractivity contribution in [2.75, 3.05) is 0 Å². The Morgan fingerprint density at radius 2 is 2.23 bits per heavy atom. The maximum Gasteiger partial charge on any atom is 0.246 e. The minimum Gasteiger partial charge on any atom is -0.347 e. The van der Waals surface area contributed by atoms with E-state index in [0.29, 0.717) is 16.7 Å². The fourth-order valence-electron chi connectivity index (χ4n) is 1.90. The van der Waals surface area contributed by atoms with E-state index < -0.39 is 0 Å². The highest BCUT2D eigenvalue weighted by atomic mass is 35.5. The molecule has 0 saturated carbocycles. The Balaban J connectivity index is 1.55. The number of nitrogens with zero attached hydrogens (tertiary/aromatic N) is 2. The van der Waals surface area contributed by atoms with E-state index >= 15 is 0 Å². The van der Waals surface area contributed by atoms with E-state index in [0.717, 1.165) is 10.4 Å². The van der Waals surface area contributed by atoms with Crippen molar-refractivity contribution < 1.29 is 9.32 Å². The minimum absolute atomic E-state index is 0.127. The summed E-state index contributed by atoms with van der Waals surface area (Å²) < 4.78 is 5.12. The molecule has 0 atom stereocenters. The average Bonchev–Trinajstić information content (AvgIpc) is 3.16. The molecule has 0 saturated heterocycles. The Bertz CT molecular complexity index is 771. The van der Waals surface area contributed by atoms with Crippen LogP contribution in [0, 0.1) is 0 Å². The van der Waals surface area contributed by atoms with Crippen LogP contribution in [0.2, 0.25) is 5.02 Å². The summed E-state index contributed by atoms with van der Waals surface area (Å²) in [7, 11) is 0. The summed E-state index contributed by atoms with van der Waals surface area (Å²) in [5, 5.41) is 9.19. The first-order chi connectivity index (χ1) is 10.7. The standard InChI is InChI=1S/C15H12ClN3O2S/c16-11-4-1-3-10(7-11)8-13(20)17-9-14-18-15(19-21-14)12-5-2-6-22-12/h1-7H,8-9H2,(H,17,20). The van der Waals surface area contributed by atoms with Gasteiger partial charge in [-0.2, -0.15) is 4.98 Å². The lowest BCUT2D eigenvalue weighted by molar-refractivity contribution is -0.120. The van der Waals surface area contributed by atoms with Crippen molar-refractivity contribution in [3.05, 3.63) is 58.3 Å². The number of aromatic nitrogens is 2. The van der Waals surface area contributed by atoms with Crippen LogP contribution in [-0.4, -0.2) is 16.0 Å². The Labute approximate surface area is 135 Å². The van der Waals surface area contributed by atoms with E-state index in [4.69, 9.17) is 16.1 Å². The third-order valence-corrected chi connectivity index (χ3v) is 4.00. The first-order valence-corrected chi connectivity index (χ1v) is 7.84. The van der Waals surface area contributed by atoms with Gasteiger partial charge in [0.2, 0.25) is 17.6 Å². The van der Waals surface area contributed by atoms with Crippen LogP contribution in [0.25, 0.3) is 10.7 Å². The van der Waals surface area contributed by atoms with Crippen molar-refractivity contribution >= 4 is 28.8 Å². The lowest BCUT2D eigenvalue weighted by Crippen LogP contribution is -2.24. The zero-order valence-electron chi connectivity index (χ0n) is 11.5. The number of benzene rings is 1. The van der Waals surface area contributed by atoms with Gasteiger partial charge in [-0.25, -0.2) is 0 Å². The molecule has 7 heteroatoms. The number of hydrogen-bond donors (Lipinski definition) is 1. The van der Waals surface area contributed by atoms with Crippen molar-refractivity contribution in [1.29, 1.82) is 0 Å². The highest BCUT2D eigenvalue weighted by Gasteiger charge is 2.10. The Morgan fingerprint density at radius 3 is 3.00 bits per heavy atom. The molecule has 2 aromatic heterocycles. The number of carbonyl (C=O) groups excluding carboxylic acids is 1. The van der Waals surface area contributed by atoms with Crippen molar-refractivity contribution in [1.82, 2.24) is 15.5 Å². The van der Waals surface area contributed by atoms with Gasteiger partial charge in [-0.05, 0) is 29.1 Å². The molecule has 0 fully saturated rings. The molecule has 5 nitrogen and oxygen atoms in total. The molecule has 1 aromatic carbocycles. The van der Waals surface area contributed by atoms with E-state index in [2.05, 4.69) is 15.5 Å². The normalized spacial score (nSPS) is 10.6. The van der Waals surface area contributed by atoms with Crippen molar-refractivity contribution in [2.45, 2.75) is 13.0 Å². The summed E-state index contributed by atoms with van der Waals surface area (Å²) in [6, 6.07) is 11.0. The van der Waals surface area contributed by atoms with Gasteiger partial charge >= 0.3 is 0 Å². The molecule has 0 bridgehead atoms. The van der Waals surface area contributed by atoms with Crippen LogP contribution < -0.4 is 5.32 Å². The maximum absolute atomic E-state index is 11.9. The fraction of sp³-hybridized carbons (Fsp3) is 0.133. The Kier molecular flexibility index (Phi) is 4.50. The van der Waals surface area contributed by atoms with E-state index in [1.807, 2.05) is 29.6 Å². The van der Waals surface area contributed by atoms with Gasteiger partial charge in [0.15, 0.2) is 0 Å². The molecule has 1 N–H and O–H groups in total. The van der Waals surface area contributed by atoms with Crippen LogP contribution in [0.15, 0.2) is 46.3 Å². The molecule has 22 heavy (non-hydrogen) atoms. The zero-order chi connectivity index (χ0) is 15.4. The van der Waals surface area contributed by atoms with Gasteiger partial charge in [0, 0.05) is 5.02 Å². The van der Waals surface area contributed by atoms with Crippen molar-refractivity contribution in [3.8, 4) is 10.7 Å². The predicted molar refractivity (Wildman–Crippen MR) is 84.6 cm³/mol. The third kappa shape index (κ3) is 3.72. The van der Waals surface area contributed by atoms with E-state index in [1.54, 1.807) is 12.1 Å². The van der Waals surface area contributed by atoms with Gasteiger partial charge in [0.25, 0.3) is 0 Å². The van der Waals surface area contributed by atoms with Gasteiger partial charge in [-0.15, -0.1) is 11.3 Å². The van der Waals surface area contributed by atoms with Gasteiger partial charge in [-0.3, -0.25) is 4.79 Å². The lowest BCUT2D eigenvalue weighted by Gasteiger charge is -2.03. The Hall–Kier alpha value is -2.18. The molecule has 2 heterocycles. The topological polar surface area (TPSA) is 68.0 Å². The number of halogens is 1. The van der Waals surface area contributed by atoms with Gasteiger partial charge in [-0.1, -0.05) is 35.0 Å². The van der Waals surface area contributed by atoms with Crippen LogP contribution in [0.4, 0.5) is 0 Å². The highest BCUT2D eigenvalue weighted by Crippen LogP contribution is 2.21. The summed E-state index contributed by atoms with van der Waals surface area (Å²) in [5.41, 5.74) is 0.856. The fourth-order valence-corrected chi connectivity index (χ4v) is 2.76. The van der Waals surface area contributed by atoms with Crippen LogP contribution in [0.1, 0.15) is 11.5 Å². The largest absolute Gasteiger partial charge is 0.347 e. The van der Waals surface area contributed by atoms with E-state index in [-0.39, 0.29) is 18.9 Å². The monoisotopic (exact) mass is 333 g/mol. The predicted octanol–water partition coefficient (Wildman–Crippen LogP) is 3.31. The van der Waals surface area contributed by atoms with Gasteiger partial charge in [0.1, 0.15) is 0 Å². The van der Waals surface area contributed by atoms with E-state index in [1.165, 1.54) is 11.3 Å². The summed E-state index contributed by atoms with van der Waals surface area (Å²) >= 11 is 7.42. The quantitative estimate of drug-likeness (QED) is 0.777. The summed E-state index contributed by atoms with van der Waals surface area (Å²) in [5.74, 6) is 0.787. The minimum atomic E-state index is -0.127. The Morgan fingerprint density at radius 1 is 1.32 bits per heavy atom. The molecule has 0 spiro atoms. The second-order valence-corrected chi connectivity index (χ2v) is 5.96. The van der Waals surface area contributed by atoms with Crippen LogP contribution in [0.3, 0.4) is 0 Å². The number of thiophene rings is 1. The van der Waals surface area contributed by atoms with Crippen molar-refractivity contribution in [3.63, 3.8) is 0 Å². The second-order valence-electron chi connectivity index (χ2n) is 4.57. The molecule has 1 amide bonds. The molecule has 0 aliphatic heterocycles. The SMILES string of the molecule is O=C(Cc1cccc(Cl)c1)NCc1nc(-c2cccs2)no1. The number of rotatable bonds is 5. The second kappa shape index (κ2) is 6.72. The summed E-state index contributed by atoms with van der Waals surface area (Å²) in [4.78, 5) is 17.1. The molecule has 0 aliphatic rings. The lowest BCUT2D eigenvalue weighted by atomic mass is 10.1. The molecular weight excluding hydrogens is 322 g/mol. The number of carbonyl (C=O) groups is 1. The van der Waals surface area contributed by atoms with Crippen molar-refractivity contribution in [2.24, 2.45) is 0 Å². The molecule has 0 aliphatic carbocycles. The van der Waals surface area contributed by atoms with Gasteiger partial charge in [0.05, 0.1) is 17.8 Å². The van der Waals surface area contributed by atoms with Gasteiger partial charge < -0.3 is 9.84 Å². The first-order valence-electron chi connectivity index (χ1n) is 6.58. The number of amides is 1. The maximum atomic E-state index is 11.9. The first kappa shape index (κ1) is 14.7. The van der Waals surface area contributed by atoms with Crippen LogP contribution >= 0.6 is 22.9 Å². The molecule has 0 radical (unpaired) electrons. The van der Waals surface area contributed by atoms with Crippen LogP contribution in [0.5, 0.6) is 0 Å². The summed E-state index contributed by atoms with van der Waals surface area (Å²) in [6.07, 6.45) is 0.256. The third-order valence-electron chi connectivity index (χ3n) is 2.90. The number of hydrogen-bond acceptors (Lipinski definition) is 5. The molecule has 3 aromatic rings. The number of nitrogens with one attached hydrogen (secondary N) is 1.